The molecule has 0 bridgehead atoms. The lowest BCUT2D eigenvalue weighted by Gasteiger charge is -2.27. The molecular formula is C32H33N7O3S. The molecule has 3 aromatic heterocycles. The second-order valence-corrected chi connectivity index (χ2v) is 12.3. The minimum atomic E-state index is -0.570. The maximum Gasteiger partial charge on any atom is 0.407 e. The van der Waals surface area contributed by atoms with Crippen molar-refractivity contribution in [3.8, 4) is 33.2 Å². The Hall–Kier alpha value is -4.77. The molecule has 0 fully saturated rings. The van der Waals surface area contributed by atoms with Crippen molar-refractivity contribution in [1.29, 1.82) is 0 Å². The van der Waals surface area contributed by atoms with E-state index in [4.69, 9.17) is 9.84 Å². The molecule has 2 amide bonds. The number of benzene rings is 2. The van der Waals surface area contributed by atoms with E-state index in [1.165, 1.54) is 4.88 Å². The second kappa shape index (κ2) is 11.8. The Kier molecular flexibility index (Phi) is 7.81. The third kappa shape index (κ3) is 6.36. The average Bonchev–Trinajstić information content (AvgIpc) is 3.76. The van der Waals surface area contributed by atoms with Gasteiger partial charge in [-0.05, 0) is 61.5 Å². The van der Waals surface area contributed by atoms with Crippen molar-refractivity contribution in [3.05, 3.63) is 89.6 Å². The van der Waals surface area contributed by atoms with E-state index in [0.29, 0.717) is 55.6 Å². The molecule has 0 spiro atoms. The van der Waals surface area contributed by atoms with Gasteiger partial charge >= 0.3 is 6.09 Å². The SMILES string of the molecule is CC(C)(C)OC(=O)NCCn1nc(-c2nnc3n2CCN(C(=O)c2ccc(-c4cccs4)cc2)C3)cc1-c1ccccc1. The van der Waals surface area contributed by atoms with E-state index in [1.54, 1.807) is 11.3 Å². The van der Waals surface area contributed by atoms with Gasteiger partial charge in [0.1, 0.15) is 11.3 Å². The number of rotatable bonds is 7. The standard InChI is InChI=1S/C32H33N7O3S/c1-32(2,3)42-31(41)33-15-16-39-26(22-8-5-4-6-9-22)20-25(36-39)29-35-34-28-21-37(17-18-38(28)29)30(40)24-13-11-23(12-14-24)27-10-7-19-43-27/h4-14,19-20H,15-18,21H2,1-3H3,(H,33,41). The van der Waals surface area contributed by atoms with Gasteiger partial charge in [0.2, 0.25) is 0 Å². The first kappa shape index (κ1) is 28.4. The first-order valence-electron chi connectivity index (χ1n) is 14.2. The molecular weight excluding hydrogens is 562 g/mol. The zero-order valence-electron chi connectivity index (χ0n) is 24.4. The summed E-state index contributed by atoms with van der Waals surface area (Å²) in [5.41, 5.74) is 3.76. The van der Waals surface area contributed by atoms with Gasteiger partial charge in [-0.1, -0.05) is 48.5 Å². The molecule has 0 saturated heterocycles. The van der Waals surface area contributed by atoms with E-state index in [0.717, 1.165) is 16.8 Å². The van der Waals surface area contributed by atoms with Crippen LogP contribution in [0.5, 0.6) is 0 Å². The van der Waals surface area contributed by atoms with Crippen LogP contribution in [0.1, 0.15) is 37.0 Å². The molecule has 43 heavy (non-hydrogen) atoms. The highest BCUT2D eigenvalue weighted by atomic mass is 32.1. The van der Waals surface area contributed by atoms with Gasteiger partial charge in [0.05, 0.1) is 18.8 Å². The summed E-state index contributed by atoms with van der Waals surface area (Å²) in [5, 5.41) is 18.6. The third-order valence-electron chi connectivity index (χ3n) is 7.05. The number of thiophene rings is 1. The summed E-state index contributed by atoms with van der Waals surface area (Å²) in [7, 11) is 0. The lowest BCUT2D eigenvalue weighted by molar-refractivity contribution is 0.0525. The van der Waals surface area contributed by atoms with E-state index >= 15 is 0 Å². The quantitative estimate of drug-likeness (QED) is 0.258. The number of hydrogen-bond acceptors (Lipinski definition) is 7. The Morgan fingerprint density at radius 2 is 1.74 bits per heavy atom. The Labute approximate surface area is 253 Å². The number of carbonyl (C=O) groups is 2. The van der Waals surface area contributed by atoms with Crippen LogP contribution in [0.3, 0.4) is 0 Å². The highest BCUT2D eigenvalue weighted by molar-refractivity contribution is 7.13. The number of alkyl carbamates (subject to hydrolysis) is 1. The van der Waals surface area contributed by atoms with Crippen molar-refractivity contribution in [1.82, 2.24) is 34.8 Å². The number of fused-ring (bicyclic) bond motifs is 1. The predicted molar refractivity (Wildman–Crippen MR) is 165 cm³/mol. The molecule has 0 saturated carbocycles. The first-order valence-corrected chi connectivity index (χ1v) is 15.1. The molecule has 5 aromatic rings. The smallest absolute Gasteiger partial charge is 0.407 e. The molecule has 0 unspecified atom stereocenters. The van der Waals surface area contributed by atoms with E-state index in [1.807, 2.05) is 107 Å². The predicted octanol–water partition coefficient (Wildman–Crippen LogP) is 5.72. The van der Waals surface area contributed by atoms with Gasteiger partial charge in [0, 0.05) is 30.1 Å². The summed E-state index contributed by atoms with van der Waals surface area (Å²) in [6.45, 7) is 7.75. The fourth-order valence-corrected chi connectivity index (χ4v) is 5.77. The van der Waals surface area contributed by atoms with E-state index in [9.17, 15) is 9.59 Å². The van der Waals surface area contributed by atoms with Gasteiger partial charge in [-0.3, -0.25) is 9.48 Å². The molecule has 1 N–H and O–H groups in total. The van der Waals surface area contributed by atoms with Crippen LogP contribution in [0.25, 0.3) is 33.2 Å². The lowest BCUT2D eigenvalue weighted by atomic mass is 10.1. The summed E-state index contributed by atoms with van der Waals surface area (Å²) >= 11 is 1.68. The molecule has 6 rings (SSSR count). The van der Waals surface area contributed by atoms with Crippen molar-refractivity contribution in [3.63, 3.8) is 0 Å². The zero-order valence-corrected chi connectivity index (χ0v) is 25.2. The fraction of sp³-hybridized carbons (Fsp3) is 0.281. The van der Waals surface area contributed by atoms with E-state index in [2.05, 4.69) is 21.6 Å². The maximum atomic E-state index is 13.3. The fourth-order valence-electron chi connectivity index (χ4n) is 5.04. The van der Waals surface area contributed by atoms with Gasteiger partial charge in [-0.2, -0.15) is 5.10 Å². The average molecular weight is 596 g/mol. The molecule has 1 aliphatic rings. The Morgan fingerprint density at radius 3 is 2.47 bits per heavy atom. The largest absolute Gasteiger partial charge is 0.444 e. The van der Waals surface area contributed by atoms with E-state index in [-0.39, 0.29) is 5.91 Å². The van der Waals surface area contributed by atoms with Crippen LogP contribution in [-0.4, -0.2) is 60.1 Å². The van der Waals surface area contributed by atoms with Crippen LogP contribution in [0.2, 0.25) is 0 Å². The van der Waals surface area contributed by atoms with Gasteiger partial charge < -0.3 is 19.5 Å². The Morgan fingerprint density at radius 1 is 0.953 bits per heavy atom. The molecule has 10 nitrogen and oxygen atoms in total. The normalized spacial score (nSPS) is 13.0. The maximum absolute atomic E-state index is 13.3. The molecule has 4 heterocycles. The minimum Gasteiger partial charge on any atom is -0.444 e. The highest BCUT2D eigenvalue weighted by Gasteiger charge is 2.27. The topological polar surface area (TPSA) is 107 Å². The number of carbonyl (C=O) groups excluding carboxylic acids is 2. The lowest BCUT2D eigenvalue weighted by Crippen LogP contribution is -2.38. The number of hydrogen-bond donors (Lipinski definition) is 1. The van der Waals surface area contributed by atoms with Crippen molar-refractivity contribution in [2.75, 3.05) is 13.1 Å². The van der Waals surface area contributed by atoms with Gasteiger partial charge in [-0.25, -0.2) is 4.79 Å². The summed E-state index contributed by atoms with van der Waals surface area (Å²) < 4.78 is 9.26. The summed E-state index contributed by atoms with van der Waals surface area (Å²) in [4.78, 5) is 28.5. The van der Waals surface area contributed by atoms with E-state index < -0.39 is 11.7 Å². The molecule has 11 heteroatoms. The number of ether oxygens (including phenoxy) is 1. The van der Waals surface area contributed by atoms with Crippen molar-refractivity contribution in [2.24, 2.45) is 0 Å². The molecule has 0 aliphatic carbocycles. The summed E-state index contributed by atoms with van der Waals surface area (Å²) in [5.74, 6) is 1.34. The van der Waals surface area contributed by atoms with Crippen LogP contribution in [-0.2, 0) is 24.4 Å². The number of amides is 2. The summed E-state index contributed by atoms with van der Waals surface area (Å²) in [6.07, 6.45) is -0.467. The van der Waals surface area contributed by atoms with Gasteiger partial charge in [-0.15, -0.1) is 21.5 Å². The van der Waals surface area contributed by atoms with Crippen molar-refractivity contribution < 1.29 is 14.3 Å². The molecule has 2 aromatic carbocycles. The van der Waals surface area contributed by atoms with Crippen LogP contribution in [0.4, 0.5) is 4.79 Å². The van der Waals surface area contributed by atoms with Crippen LogP contribution >= 0.6 is 11.3 Å². The van der Waals surface area contributed by atoms with Gasteiger partial charge in [0.15, 0.2) is 11.6 Å². The van der Waals surface area contributed by atoms with Crippen LogP contribution in [0.15, 0.2) is 78.2 Å². The Bertz CT molecular complexity index is 1720. The van der Waals surface area contributed by atoms with Crippen LogP contribution < -0.4 is 5.32 Å². The molecule has 0 atom stereocenters. The number of aromatic nitrogens is 5. The third-order valence-corrected chi connectivity index (χ3v) is 7.97. The Balaban J connectivity index is 1.19. The second-order valence-electron chi connectivity index (χ2n) is 11.3. The van der Waals surface area contributed by atoms with Crippen LogP contribution in [0, 0.1) is 0 Å². The summed E-state index contributed by atoms with van der Waals surface area (Å²) in [6, 6.07) is 23.8. The first-order chi connectivity index (χ1) is 20.7. The number of nitrogens with zero attached hydrogens (tertiary/aromatic N) is 6. The molecule has 220 valence electrons. The molecule has 0 radical (unpaired) electrons. The van der Waals surface area contributed by atoms with Crippen molar-refractivity contribution >= 4 is 23.3 Å². The highest BCUT2D eigenvalue weighted by Crippen LogP contribution is 2.28. The zero-order chi connectivity index (χ0) is 30.0. The molecule has 1 aliphatic heterocycles. The van der Waals surface area contributed by atoms with Gasteiger partial charge in [0.25, 0.3) is 5.91 Å². The minimum absolute atomic E-state index is 0.0262. The monoisotopic (exact) mass is 595 g/mol. The number of nitrogens with one attached hydrogen (secondary N) is 1. The van der Waals surface area contributed by atoms with Crippen molar-refractivity contribution in [2.45, 2.75) is 46.0 Å².